The molecule has 0 spiro atoms. The highest BCUT2D eigenvalue weighted by molar-refractivity contribution is 5.95. The minimum atomic E-state index is -0.699. The second-order valence-corrected chi connectivity index (χ2v) is 6.85. The Balaban J connectivity index is 1.57. The highest BCUT2D eigenvalue weighted by Crippen LogP contribution is 2.47. The quantitative estimate of drug-likeness (QED) is 0.944. The topological polar surface area (TPSA) is 58.4 Å². The van der Waals surface area contributed by atoms with Crippen LogP contribution in [-0.4, -0.2) is 44.4 Å². The van der Waals surface area contributed by atoms with Crippen molar-refractivity contribution >= 4 is 5.91 Å². The van der Waals surface area contributed by atoms with Crippen LogP contribution in [0.4, 0.5) is 0 Å². The van der Waals surface area contributed by atoms with E-state index in [-0.39, 0.29) is 11.8 Å². The lowest BCUT2D eigenvalue weighted by Gasteiger charge is -2.26. The molecule has 0 unspecified atom stereocenters. The van der Waals surface area contributed by atoms with Gasteiger partial charge in [0.25, 0.3) is 5.91 Å². The molecule has 2 aliphatic rings. The zero-order valence-corrected chi connectivity index (χ0v) is 13.2. The number of carbonyl (C=O) groups is 1. The molecule has 5 heteroatoms. The average Bonchev–Trinajstić information content (AvgIpc) is 3.19. The number of likely N-dealkylation sites (tertiary alicyclic amines) is 1. The summed E-state index contributed by atoms with van der Waals surface area (Å²) in [5.74, 6) is 0.487. The van der Waals surface area contributed by atoms with Gasteiger partial charge in [-0.05, 0) is 43.0 Å². The number of nitrogens with zero attached hydrogens (tertiary/aromatic N) is 3. The number of hydrogen-bond donors (Lipinski definition) is 1. The minimum absolute atomic E-state index is 0.0116. The Morgan fingerprint density at radius 2 is 2.17 bits per heavy atom. The van der Waals surface area contributed by atoms with Gasteiger partial charge in [0.1, 0.15) is 0 Å². The standard InChI is InChI=1S/C18H21N3O2/c1-13-11-20(12-18(13,23)15-6-7-15)17(22)14-4-2-5-16(10-14)21-9-3-8-19-21/h2-5,8-10,13,15,23H,6-7,11-12H2,1H3/t13-,18+/m1/s1. The molecule has 2 aromatic rings. The molecular weight excluding hydrogens is 290 g/mol. The Kier molecular flexibility index (Phi) is 3.27. The molecule has 23 heavy (non-hydrogen) atoms. The van der Waals surface area contributed by atoms with Gasteiger partial charge in [-0.15, -0.1) is 0 Å². The first kappa shape index (κ1) is 14.5. The number of rotatable bonds is 3. The first-order chi connectivity index (χ1) is 11.1. The maximum atomic E-state index is 12.8. The largest absolute Gasteiger partial charge is 0.387 e. The smallest absolute Gasteiger partial charge is 0.254 e. The Morgan fingerprint density at radius 3 is 2.87 bits per heavy atom. The summed E-state index contributed by atoms with van der Waals surface area (Å²) >= 11 is 0. The molecule has 1 aliphatic heterocycles. The molecule has 0 bridgehead atoms. The maximum absolute atomic E-state index is 12.8. The summed E-state index contributed by atoms with van der Waals surface area (Å²) in [6.07, 6.45) is 5.73. The summed E-state index contributed by atoms with van der Waals surface area (Å²) < 4.78 is 1.74. The van der Waals surface area contributed by atoms with Gasteiger partial charge in [0.05, 0.1) is 17.8 Å². The number of hydrogen-bond acceptors (Lipinski definition) is 3. The molecule has 0 radical (unpaired) electrons. The van der Waals surface area contributed by atoms with Gasteiger partial charge >= 0.3 is 0 Å². The maximum Gasteiger partial charge on any atom is 0.254 e. The van der Waals surface area contributed by atoms with Crippen molar-refractivity contribution in [3.05, 3.63) is 48.3 Å². The van der Waals surface area contributed by atoms with E-state index in [2.05, 4.69) is 5.10 Å². The number of β-amino-alcohol motifs (C(OH)–C–C–N with tert-alkyl or cyclic N) is 1. The van der Waals surface area contributed by atoms with Gasteiger partial charge in [-0.25, -0.2) is 4.68 Å². The third kappa shape index (κ3) is 2.45. The Bertz CT molecular complexity index is 724. The third-order valence-corrected chi connectivity index (χ3v) is 5.23. The highest BCUT2D eigenvalue weighted by atomic mass is 16.3. The Labute approximate surface area is 135 Å². The molecule has 1 aromatic heterocycles. The molecule has 1 saturated heterocycles. The van der Waals surface area contributed by atoms with Crippen LogP contribution in [0, 0.1) is 11.8 Å². The van der Waals surface area contributed by atoms with Gasteiger partial charge in [-0.1, -0.05) is 13.0 Å². The third-order valence-electron chi connectivity index (χ3n) is 5.23. The van der Waals surface area contributed by atoms with Gasteiger partial charge in [-0.3, -0.25) is 4.79 Å². The molecule has 1 N–H and O–H groups in total. The van der Waals surface area contributed by atoms with E-state index in [1.807, 2.05) is 43.5 Å². The van der Waals surface area contributed by atoms with E-state index in [9.17, 15) is 9.90 Å². The van der Waals surface area contributed by atoms with E-state index in [0.717, 1.165) is 18.5 Å². The van der Waals surface area contributed by atoms with E-state index in [1.54, 1.807) is 15.8 Å². The first-order valence-corrected chi connectivity index (χ1v) is 8.19. The van der Waals surface area contributed by atoms with Crippen LogP contribution in [0.5, 0.6) is 0 Å². The normalized spacial score (nSPS) is 27.4. The molecule has 120 valence electrons. The predicted molar refractivity (Wildman–Crippen MR) is 86.3 cm³/mol. The molecule has 1 aromatic carbocycles. The van der Waals surface area contributed by atoms with Crippen LogP contribution >= 0.6 is 0 Å². The van der Waals surface area contributed by atoms with Crippen LogP contribution in [-0.2, 0) is 0 Å². The number of carbonyl (C=O) groups excluding carboxylic acids is 1. The van der Waals surface area contributed by atoms with Gasteiger partial charge in [0.2, 0.25) is 0 Å². The summed E-state index contributed by atoms with van der Waals surface area (Å²) in [5, 5.41) is 15.1. The predicted octanol–water partition coefficient (Wildman–Crippen LogP) is 2.11. The molecule has 1 aliphatic carbocycles. The average molecular weight is 311 g/mol. The number of aliphatic hydroxyl groups is 1. The Morgan fingerprint density at radius 1 is 1.35 bits per heavy atom. The summed E-state index contributed by atoms with van der Waals surface area (Å²) in [6.45, 7) is 3.12. The van der Waals surface area contributed by atoms with Crippen LogP contribution in [0.2, 0.25) is 0 Å². The molecule has 5 nitrogen and oxygen atoms in total. The summed E-state index contributed by atoms with van der Waals surface area (Å²) in [6, 6.07) is 9.34. The molecule has 2 fully saturated rings. The zero-order chi connectivity index (χ0) is 16.0. The molecule has 2 atom stereocenters. The second kappa shape index (κ2) is 5.20. The number of benzene rings is 1. The second-order valence-electron chi connectivity index (χ2n) is 6.85. The molecule has 4 rings (SSSR count). The van der Waals surface area contributed by atoms with Crippen molar-refractivity contribution in [2.24, 2.45) is 11.8 Å². The highest BCUT2D eigenvalue weighted by Gasteiger charge is 2.53. The monoisotopic (exact) mass is 311 g/mol. The van der Waals surface area contributed by atoms with E-state index in [1.165, 1.54) is 0 Å². The minimum Gasteiger partial charge on any atom is -0.387 e. The van der Waals surface area contributed by atoms with Crippen molar-refractivity contribution in [1.82, 2.24) is 14.7 Å². The van der Waals surface area contributed by atoms with Gasteiger partial charge in [0, 0.05) is 30.4 Å². The summed E-state index contributed by atoms with van der Waals surface area (Å²) in [4.78, 5) is 14.6. The lowest BCUT2D eigenvalue weighted by molar-refractivity contribution is -0.00364. The first-order valence-electron chi connectivity index (χ1n) is 8.19. The van der Waals surface area contributed by atoms with E-state index >= 15 is 0 Å². The van der Waals surface area contributed by atoms with E-state index < -0.39 is 5.60 Å². The van der Waals surface area contributed by atoms with Gasteiger partial charge in [-0.2, -0.15) is 5.10 Å². The lowest BCUT2D eigenvalue weighted by Crippen LogP contribution is -2.40. The van der Waals surface area contributed by atoms with Crippen molar-refractivity contribution in [2.75, 3.05) is 13.1 Å². The van der Waals surface area contributed by atoms with Crippen LogP contribution in [0.3, 0.4) is 0 Å². The molecule has 1 amide bonds. The molecular formula is C18H21N3O2. The van der Waals surface area contributed by atoms with Crippen LogP contribution in [0.1, 0.15) is 30.1 Å². The summed E-state index contributed by atoms with van der Waals surface area (Å²) in [7, 11) is 0. The lowest BCUT2D eigenvalue weighted by atomic mass is 9.88. The summed E-state index contributed by atoms with van der Waals surface area (Å²) in [5.41, 5.74) is 0.811. The van der Waals surface area contributed by atoms with Crippen molar-refractivity contribution < 1.29 is 9.90 Å². The van der Waals surface area contributed by atoms with Crippen LogP contribution in [0.15, 0.2) is 42.7 Å². The number of aromatic nitrogens is 2. The van der Waals surface area contributed by atoms with Gasteiger partial charge in [0.15, 0.2) is 0 Å². The van der Waals surface area contributed by atoms with E-state index in [4.69, 9.17) is 0 Å². The van der Waals surface area contributed by atoms with Crippen molar-refractivity contribution in [3.8, 4) is 5.69 Å². The van der Waals surface area contributed by atoms with Gasteiger partial charge < -0.3 is 10.0 Å². The fourth-order valence-electron chi connectivity index (χ4n) is 3.67. The van der Waals surface area contributed by atoms with Crippen molar-refractivity contribution in [2.45, 2.75) is 25.4 Å². The zero-order valence-electron chi connectivity index (χ0n) is 13.2. The molecule has 1 saturated carbocycles. The fourth-order valence-corrected chi connectivity index (χ4v) is 3.67. The number of amides is 1. The van der Waals surface area contributed by atoms with Crippen molar-refractivity contribution in [3.63, 3.8) is 0 Å². The van der Waals surface area contributed by atoms with E-state index in [0.29, 0.717) is 24.6 Å². The van der Waals surface area contributed by atoms with Crippen LogP contribution < -0.4 is 0 Å². The van der Waals surface area contributed by atoms with Crippen LogP contribution in [0.25, 0.3) is 5.69 Å². The van der Waals surface area contributed by atoms with Crippen molar-refractivity contribution in [1.29, 1.82) is 0 Å². The Hall–Kier alpha value is -2.14. The molecule has 2 heterocycles. The SMILES string of the molecule is C[C@@H]1CN(C(=O)c2cccc(-n3cccn3)c2)C[C@@]1(O)C1CC1. The fraction of sp³-hybridized carbons (Fsp3) is 0.444.